The minimum Gasteiger partial charge on any atom is -0.497 e. The van der Waals surface area contributed by atoms with Crippen LogP contribution in [0.5, 0.6) is 5.75 Å². The van der Waals surface area contributed by atoms with Crippen molar-refractivity contribution in [1.29, 1.82) is 0 Å². The summed E-state index contributed by atoms with van der Waals surface area (Å²) in [6, 6.07) is 11.6. The number of hydrogen-bond donors (Lipinski definition) is 0. The number of amides is 2. The first-order valence-electron chi connectivity index (χ1n) is 8.47. The number of nitro groups is 1. The summed E-state index contributed by atoms with van der Waals surface area (Å²) in [5.74, 6) is -0.660. The minimum absolute atomic E-state index is 0.0160. The Hall–Kier alpha value is -2.87. The van der Waals surface area contributed by atoms with Gasteiger partial charge in [0.15, 0.2) is 0 Å². The SMILES string of the molecule is COc1ccc(N2C(=O)[C@@H]3[C@H](C2=O)[C@H]2S[C@@H]3c3cc([N+](=O)[O-])ccc32)cc1. The third kappa shape index (κ3) is 2.10. The Morgan fingerprint density at radius 2 is 1.63 bits per heavy atom. The molecule has 5 rings (SSSR count). The Kier molecular flexibility index (Phi) is 3.36. The Labute approximate surface area is 158 Å². The minimum atomic E-state index is -0.468. The van der Waals surface area contributed by atoms with Crippen LogP contribution in [-0.4, -0.2) is 23.8 Å². The number of imide groups is 1. The molecule has 7 nitrogen and oxygen atoms in total. The van der Waals surface area contributed by atoms with Crippen LogP contribution >= 0.6 is 11.8 Å². The molecule has 2 bridgehead atoms. The van der Waals surface area contributed by atoms with Crippen LogP contribution in [-0.2, 0) is 9.59 Å². The maximum Gasteiger partial charge on any atom is 0.269 e. The number of carbonyl (C=O) groups excluding carboxylic acids is 2. The number of thioether (sulfide) groups is 1. The molecule has 0 unspecified atom stereocenters. The number of anilines is 1. The van der Waals surface area contributed by atoms with Crippen molar-refractivity contribution in [3.05, 3.63) is 63.7 Å². The van der Waals surface area contributed by atoms with Gasteiger partial charge in [0.1, 0.15) is 5.75 Å². The van der Waals surface area contributed by atoms with Crippen LogP contribution in [0.15, 0.2) is 42.5 Å². The summed E-state index contributed by atoms with van der Waals surface area (Å²) in [5.41, 5.74) is 2.30. The van der Waals surface area contributed by atoms with E-state index in [1.54, 1.807) is 55.3 Å². The highest BCUT2D eigenvalue weighted by atomic mass is 32.2. The highest BCUT2D eigenvalue weighted by molar-refractivity contribution is 8.00. The molecule has 27 heavy (non-hydrogen) atoms. The maximum absolute atomic E-state index is 13.1. The van der Waals surface area contributed by atoms with Gasteiger partial charge in [0.25, 0.3) is 5.69 Å². The fourth-order valence-electron chi connectivity index (χ4n) is 4.38. The molecule has 3 aliphatic rings. The van der Waals surface area contributed by atoms with Crippen molar-refractivity contribution < 1.29 is 19.2 Å². The first-order valence-corrected chi connectivity index (χ1v) is 9.41. The average Bonchev–Trinajstić information content (AvgIpc) is 3.31. The van der Waals surface area contributed by atoms with Gasteiger partial charge in [-0.1, -0.05) is 6.07 Å². The molecule has 0 N–H and O–H groups in total. The Morgan fingerprint density at radius 3 is 2.22 bits per heavy atom. The van der Waals surface area contributed by atoms with Crippen LogP contribution in [0.1, 0.15) is 21.6 Å². The highest BCUT2D eigenvalue weighted by Gasteiger charge is 2.64. The fourth-order valence-corrected chi connectivity index (χ4v) is 6.32. The number of methoxy groups -OCH3 is 1. The zero-order chi connectivity index (χ0) is 18.9. The van der Waals surface area contributed by atoms with Gasteiger partial charge in [-0.3, -0.25) is 19.7 Å². The van der Waals surface area contributed by atoms with Gasteiger partial charge in [-0.15, -0.1) is 11.8 Å². The molecule has 0 aromatic heterocycles. The Bertz CT molecular complexity index is 1010. The molecule has 4 atom stereocenters. The lowest BCUT2D eigenvalue weighted by atomic mass is 9.77. The molecule has 136 valence electrons. The van der Waals surface area contributed by atoms with Gasteiger partial charge in [0, 0.05) is 22.6 Å². The van der Waals surface area contributed by atoms with Gasteiger partial charge < -0.3 is 4.74 Å². The van der Waals surface area contributed by atoms with Crippen molar-refractivity contribution in [3.63, 3.8) is 0 Å². The van der Waals surface area contributed by atoms with Gasteiger partial charge in [0.05, 0.1) is 29.6 Å². The molecule has 3 heterocycles. The Balaban J connectivity index is 1.54. The summed E-state index contributed by atoms with van der Waals surface area (Å²) in [5, 5.41) is 10.8. The molecule has 3 aliphatic heterocycles. The number of ether oxygens (including phenoxy) is 1. The largest absolute Gasteiger partial charge is 0.497 e. The third-order valence-corrected chi connectivity index (χ3v) is 7.25. The summed E-state index contributed by atoms with van der Waals surface area (Å²) in [6.07, 6.45) is 0. The number of rotatable bonds is 3. The quantitative estimate of drug-likeness (QED) is 0.460. The number of hydrogen-bond acceptors (Lipinski definition) is 6. The molecule has 2 aromatic rings. The monoisotopic (exact) mass is 382 g/mol. The molecule has 0 saturated carbocycles. The van der Waals surface area contributed by atoms with E-state index in [9.17, 15) is 19.7 Å². The predicted molar refractivity (Wildman–Crippen MR) is 98.6 cm³/mol. The topological polar surface area (TPSA) is 89.8 Å². The summed E-state index contributed by atoms with van der Waals surface area (Å²) < 4.78 is 5.13. The lowest BCUT2D eigenvalue weighted by molar-refractivity contribution is -0.384. The maximum atomic E-state index is 13.1. The molecule has 0 aliphatic carbocycles. The van der Waals surface area contributed by atoms with Gasteiger partial charge >= 0.3 is 0 Å². The van der Waals surface area contributed by atoms with Gasteiger partial charge in [-0.2, -0.15) is 0 Å². The number of nitrogens with zero attached hydrogens (tertiary/aromatic N) is 2. The van der Waals surface area contributed by atoms with Crippen molar-refractivity contribution in [1.82, 2.24) is 0 Å². The first kappa shape index (κ1) is 16.3. The number of fused-ring (bicyclic) bond motifs is 8. The molecule has 2 amide bonds. The molecule has 0 radical (unpaired) electrons. The predicted octanol–water partition coefficient (Wildman–Crippen LogP) is 3.25. The van der Waals surface area contributed by atoms with Crippen LogP contribution in [0.3, 0.4) is 0 Å². The van der Waals surface area contributed by atoms with E-state index >= 15 is 0 Å². The van der Waals surface area contributed by atoms with E-state index in [1.807, 2.05) is 0 Å². The van der Waals surface area contributed by atoms with Gasteiger partial charge in [-0.25, -0.2) is 4.90 Å². The zero-order valence-corrected chi connectivity index (χ0v) is 15.0. The Morgan fingerprint density at radius 1 is 1.00 bits per heavy atom. The molecular weight excluding hydrogens is 368 g/mol. The van der Waals surface area contributed by atoms with E-state index < -0.39 is 16.8 Å². The molecule has 2 fully saturated rings. The molecular formula is C19H14N2O5S. The van der Waals surface area contributed by atoms with Crippen LogP contribution in [0, 0.1) is 22.0 Å². The first-order chi connectivity index (χ1) is 13.0. The average molecular weight is 382 g/mol. The van der Waals surface area contributed by atoms with Gasteiger partial charge in [0.2, 0.25) is 11.8 Å². The summed E-state index contributed by atoms with van der Waals surface area (Å²) >= 11 is 1.57. The van der Waals surface area contributed by atoms with E-state index in [1.165, 1.54) is 11.0 Å². The van der Waals surface area contributed by atoms with Crippen LogP contribution in [0.25, 0.3) is 0 Å². The van der Waals surface area contributed by atoms with Crippen molar-refractivity contribution in [2.45, 2.75) is 10.5 Å². The number of benzene rings is 2. The fraction of sp³-hybridized carbons (Fsp3) is 0.263. The lowest BCUT2D eigenvalue weighted by Gasteiger charge is -2.21. The van der Waals surface area contributed by atoms with Crippen molar-refractivity contribution in [2.24, 2.45) is 11.8 Å². The number of nitro benzene ring substituents is 1. The van der Waals surface area contributed by atoms with E-state index in [0.29, 0.717) is 11.4 Å². The lowest BCUT2D eigenvalue weighted by Crippen LogP contribution is -2.31. The molecule has 8 heteroatoms. The van der Waals surface area contributed by atoms with Crippen LogP contribution in [0.4, 0.5) is 11.4 Å². The molecule has 2 saturated heterocycles. The second-order valence-electron chi connectivity index (χ2n) is 6.81. The van der Waals surface area contributed by atoms with Crippen molar-refractivity contribution in [3.8, 4) is 5.75 Å². The van der Waals surface area contributed by atoms with E-state index in [2.05, 4.69) is 0 Å². The molecule has 2 aromatic carbocycles. The normalized spacial score (nSPS) is 27.7. The smallest absolute Gasteiger partial charge is 0.269 e. The number of non-ortho nitro benzene ring substituents is 1. The van der Waals surface area contributed by atoms with Crippen LogP contribution < -0.4 is 9.64 Å². The highest BCUT2D eigenvalue weighted by Crippen LogP contribution is 2.69. The second-order valence-corrected chi connectivity index (χ2v) is 8.10. The third-order valence-electron chi connectivity index (χ3n) is 5.57. The second kappa shape index (κ2) is 5.56. The van der Waals surface area contributed by atoms with E-state index in [0.717, 1.165) is 11.1 Å². The zero-order valence-electron chi connectivity index (χ0n) is 14.2. The van der Waals surface area contributed by atoms with E-state index in [-0.39, 0.29) is 28.0 Å². The van der Waals surface area contributed by atoms with Gasteiger partial charge in [-0.05, 0) is 35.4 Å². The molecule has 0 spiro atoms. The standard InChI is InChI=1S/C19H14N2O5S/c1-26-11-5-2-9(3-6-11)20-18(22)14-15(19(20)23)17-13-8-10(21(24)25)4-7-12(13)16(14)27-17/h2-8,14-17H,1H3/t14-,15+,16-,17+/m0/s1. The van der Waals surface area contributed by atoms with Crippen LogP contribution in [0.2, 0.25) is 0 Å². The summed E-state index contributed by atoms with van der Waals surface area (Å²) in [4.78, 5) is 38.1. The summed E-state index contributed by atoms with van der Waals surface area (Å²) in [7, 11) is 1.55. The number of carbonyl (C=O) groups is 2. The van der Waals surface area contributed by atoms with Crippen molar-refractivity contribution >= 4 is 35.0 Å². The van der Waals surface area contributed by atoms with Crippen molar-refractivity contribution in [2.75, 3.05) is 12.0 Å². The summed E-state index contributed by atoms with van der Waals surface area (Å²) in [6.45, 7) is 0. The van der Waals surface area contributed by atoms with E-state index in [4.69, 9.17) is 4.74 Å².